The van der Waals surface area contributed by atoms with E-state index in [1.807, 2.05) is 0 Å². The predicted octanol–water partition coefficient (Wildman–Crippen LogP) is 3.46. The maximum atomic E-state index is 13.8. The number of anilines is 3. The van der Waals surface area contributed by atoms with Crippen molar-refractivity contribution < 1.29 is 13.6 Å². The van der Waals surface area contributed by atoms with Crippen molar-refractivity contribution >= 4 is 23.2 Å². The minimum absolute atomic E-state index is 0.158. The summed E-state index contributed by atoms with van der Waals surface area (Å²) in [6.45, 7) is 2.33. The first-order valence-corrected chi connectivity index (χ1v) is 9.24. The van der Waals surface area contributed by atoms with Gasteiger partial charge in [0.15, 0.2) is 0 Å². The summed E-state index contributed by atoms with van der Waals surface area (Å²) in [6, 6.07) is 14.1. The van der Waals surface area contributed by atoms with Gasteiger partial charge in [-0.2, -0.15) is 0 Å². The molecular formula is C21H19F2N5O. The topological polar surface area (TPSA) is 61.4 Å². The second kappa shape index (κ2) is 8.22. The molecule has 3 aromatic rings. The van der Waals surface area contributed by atoms with Gasteiger partial charge in [-0.05, 0) is 42.5 Å². The average molecular weight is 395 g/mol. The zero-order valence-electron chi connectivity index (χ0n) is 15.6. The van der Waals surface area contributed by atoms with Crippen LogP contribution in [-0.2, 0) is 0 Å². The highest BCUT2D eigenvalue weighted by atomic mass is 19.1. The van der Waals surface area contributed by atoms with Crippen LogP contribution >= 0.6 is 0 Å². The van der Waals surface area contributed by atoms with Crippen molar-refractivity contribution in [1.82, 2.24) is 14.9 Å². The number of carbonyl (C=O) groups excluding carboxylic acids is 1. The monoisotopic (exact) mass is 395 g/mol. The van der Waals surface area contributed by atoms with E-state index in [0.29, 0.717) is 26.2 Å². The van der Waals surface area contributed by atoms with Crippen LogP contribution in [0.3, 0.4) is 0 Å². The normalized spacial score (nSPS) is 14.0. The van der Waals surface area contributed by atoms with Gasteiger partial charge in [-0.15, -0.1) is 0 Å². The van der Waals surface area contributed by atoms with Gasteiger partial charge in [0.05, 0.1) is 5.69 Å². The van der Waals surface area contributed by atoms with Crippen molar-refractivity contribution in [3.05, 3.63) is 78.1 Å². The number of hydrogen-bond donors (Lipinski definition) is 1. The Kier molecular flexibility index (Phi) is 5.33. The minimum atomic E-state index is -0.426. The Morgan fingerprint density at radius 1 is 0.931 bits per heavy atom. The second-order valence-corrected chi connectivity index (χ2v) is 6.63. The van der Waals surface area contributed by atoms with Crippen molar-refractivity contribution in [2.75, 3.05) is 36.4 Å². The highest BCUT2D eigenvalue weighted by Gasteiger charge is 2.23. The van der Waals surface area contributed by atoms with Gasteiger partial charge in [0, 0.05) is 38.1 Å². The maximum absolute atomic E-state index is 13.8. The van der Waals surface area contributed by atoms with E-state index in [0.717, 1.165) is 5.69 Å². The minimum Gasteiger partial charge on any atom is -0.368 e. The molecule has 0 spiro atoms. The highest BCUT2D eigenvalue weighted by molar-refractivity contribution is 5.92. The lowest BCUT2D eigenvalue weighted by atomic mass is 10.2. The van der Waals surface area contributed by atoms with Gasteiger partial charge in [0.2, 0.25) is 5.95 Å². The van der Waals surface area contributed by atoms with Crippen molar-refractivity contribution in [1.29, 1.82) is 0 Å². The van der Waals surface area contributed by atoms with Crippen LogP contribution in [0, 0.1) is 11.6 Å². The molecule has 2 aromatic carbocycles. The van der Waals surface area contributed by atoms with E-state index in [9.17, 15) is 13.6 Å². The number of halogens is 2. The summed E-state index contributed by atoms with van der Waals surface area (Å²) in [5, 5.41) is 2.80. The zero-order chi connectivity index (χ0) is 20.2. The summed E-state index contributed by atoms with van der Waals surface area (Å²) in [5.41, 5.74) is 1.41. The van der Waals surface area contributed by atoms with E-state index in [4.69, 9.17) is 0 Å². The molecule has 1 N–H and O–H groups in total. The van der Waals surface area contributed by atoms with E-state index in [1.54, 1.807) is 41.3 Å². The summed E-state index contributed by atoms with van der Waals surface area (Å²) >= 11 is 0. The highest BCUT2D eigenvalue weighted by Crippen LogP contribution is 2.19. The van der Waals surface area contributed by atoms with Crippen LogP contribution in [0.5, 0.6) is 0 Å². The fourth-order valence-corrected chi connectivity index (χ4v) is 3.20. The van der Waals surface area contributed by atoms with Crippen LogP contribution in [-0.4, -0.2) is 47.0 Å². The van der Waals surface area contributed by atoms with Crippen molar-refractivity contribution in [2.45, 2.75) is 0 Å². The molecular weight excluding hydrogens is 376 g/mol. The number of benzene rings is 2. The van der Waals surface area contributed by atoms with Crippen LogP contribution in [0.1, 0.15) is 10.5 Å². The quantitative estimate of drug-likeness (QED) is 0.733. The largest absolute Gasteiger partial charge is 0.368 e. The Bertz CT molecular complexity index is 1000. The third-order valence-corrected chi connectivity index (χ3v) is 4.75. The third-order valence-electron chi connectivity index (χ3n) is 4.75. The molecule has 8 heteroatoms. The van der Waals surface area contributed by atoms with Crippen LogP contribution in [0.2, 0.25) is 0 Å². The summed E-state index contributed by atoms with van der Waals surface area (Å²) in [4.78, 5) is 24.9. The molecule has 29 heavy (non-hydrogen) atoms. The van der Waals surface area contributed by atoms with E-state index in [2.05, 4.69) is 20.2 Å². The molecule has 1 aromatic heterocycles. The molecule has 0 unspecified atom stereocenters. The van der Waals surface area contributed by atoms with E-state index in [-0.39, 0.29) is 29.1 Å². The van der Waals surface area contributed by atoms with Gasteiger partial charge < -0.3 is 15.1 Å². The smallest absolute Gasteiger partial charge is 0.272 e. The second-order valence-electron chi connectivity index (χ2n) is 6.63. The molecule has 1 aliphatic heterocycles. The van der Waals surface area contributed by atoms with Crippen molar-refractivity contribution in [2.24, 2.45) is 0 Å². The number of piperazine rings is 1. The Hall–Kier alpha value is -3.55. The lowest BCUT2D eigenvalue weighted by molar-refractivity contribution is 0.0741. The SMILES string of the molecule is O=C(c1ccnc(Nc2ccccc2F)n1)N1CCN(c2ccc(F)cc2)CC1. The summed E-state index contributed by atoms with van der Waals surface area (Å²) in [5.74, 6) is -0.746. The number of para-hydroxylation sites is 1. The van der Waals surface area contributed by atoms with E-state index < -0.39 is 5.82 Å². The van der Waals surface area contributed by atoms with Gasteiger partial charge in [-0.25, -0.2) is 18.7 Å². The zero-order valence-corrected chi connectivity index (χ0v) is 15.6. The molecule has 0 aliphatic carbocycles. The molecule has 1 saturated heterocycles. The molecule has 0 radical (unpaired) electrons. The van der Waals surface area contributed by atoms with Gasteiger partial charge >= 0.3 is 0 Å². The summed E-state index contributed by atoms with van der Waals surface area (Å²) in [6.07, 6.45) is 1.47. The Morgan fingerprint density at radius 2 is 1.66 bits per heavy atom. The molecule has 2 heterocycles. The maximum Gasteiger partial charge on any atom is 0.272 e. The Morgan fingerprint density at radius 3 is 2.38 bits per heavy atom. The first-order valence-electron chi connectivity index (χ1n) is 9.24. The number of amides is 1. The molecule has 0 atom stereocenters. The number of nitrogens with one attached hydrogen (secondary N) is 1. The van der Waals surface area contributed by atoms with E-state index in [1.165, 1.54) is 24.4 Å². The number of hydrogen-bond acceptors (Lipinski definition) is 5. The number of rotatable bonds is 4. The lowest BCUT2D eigenvalue weighted by Gasteiger charge is -2.36. The molecule has 1 aliphatic rings. The van der Waals surface area contributed by atoms with Crippen LogP contribution in [0.25, 0.3) is 0 Å². The fraction of sp³-hybridized carbons (Fsp3) is 0.190. The lowest BCUT2D eigenvalue weighted by Crippen LogP contribution is -2.49. The van der Waals surface area contributed by atoms with Crippen molar-refractivity contribution in [3.8, 4) is 0 Å². The fourth-order valence-electron chi connectivity index (χ4n) is 3.20. The molecule has 1 fully saturated rings. The molecule has 4 rings (SSSR count). The third kappa shape index (κ3) is 4.31. The first kappa shape index (κ1) is 18.8. The van der Waals surface area contributed by atoms with Crippen LogP contribution in [0.15, 0.2) is 60.8 Å². The Labute approximate surface area is 166 Å². The van der Waals surface area contributed by atoms with Crippen LogP contribution < -0.4 is 10.2 Å². The van der Waals surface area contributed by atoms with Gasteiger partial charge in [0.1, 0.15) is 17.3 Å². The standard InChI is InChI=1S/C21H19F2N5O/c22-15-5-7-16(8-6-15)27-11-13-28(14-12-27)20(29)19-9-10-24-21(26-19)25-18-4-2-1-3-17(18)23/h1-10H,11-14H2,(H,24,25,26). The molecule has 0 saturated carbocycles. The number of aromatic nitrogens is 2. The van der Waals surface area contributed by atoms with Crippen molar-refractivity contribution in [3.63, 3.8) is 0 Å². The summed E-state index contributed by atoms with van der Waals surface area (Å²) < 4.78 is 26.9. The average Bonchev–Trinajstić information content (AvgIpc) is 2.76. The van der Waals surface area contributed by atoms with Gasteiger partial charge in [-0.1, -0.05) is 12.1 Å². The van der Waals surface area contributed by atoms with E-state index >= 15 is 0 Å². The molecule has 1 amide bonds. The first-order chi connectivity index (χ1) is 14.1. The number of carbonyl (C=O) groups is 1. The predicted molar refractivity (Wildman–Crippen MR) is 106 cm³/mol. The molecule has 0 bridgehead atoms. The molecule has 6 nitrogen and oxygen atoms in total. The molecule has 148 valence electrons. The Balaban J connectivity index is 1.41. The summed E-state index contributed by atoms with van der Waals surface area (Å²) in [7, 11) is 0. The van der Waals surface area contributed by atoms with Gasteiger partial charge in [0.25, 0.3) is 5.91 Å². The number of nitrogens with zero attached hydrogens (tertiary/aromatic N) is 4. The van der Waals surface area contributed by atoms with Gasteiger partial charge in [-0.3, -0.25) is 4.79 Å². The van der Waals surface area contributed by atoms with Crippen LogP contribution in [0.4, 0.5) is 26.1 Å².